The van der Waals surface area contributed by atoms with E-state index in [2.05, 4.69) is 19.2 Å². The smallest absolute Gasteiger partial charge is 0.253 e. The monoisotopic (exact) mass is 327 g/mol. The highest BCUT2D eigenvalue weighted by molar-refractivity contribution is 7.10. The van der Waals surface area contributed by atoms with Crippen molar-refractivity contribution < 1.29 is 4.79 Å². The Labute approximate surface area is 132 Å². The Morgan fingerprint density at radius 3 is 2.55 bits per heavy atom. The fourth-order valence-corrected chi connectivity index (χ4v) is 3.37. The summed E-state index contributed by atoms with van der Waals surface area (Å²) in [6, 6.07) is 8.88. The third kappa shape index (κ3) is 3.54. The van der Waals surface area contributed by atoms with Crippen molar-refractivity contribution in [3.05, 3.63) is 56.2 Å². The van der Waals surface area contributed by atoms with Crippen LogP contribution in [0.15, 0.2) is 35.7 Å². The molecule has 0 saturated carbocycles. The Morgan fingerprint density at radius 1 is 1.25 bits per heavy atom. The van der Waals surface area contributed by atoms with Gasteiger partial charge in [0.25, 0.3) is 5.91 Å². The zero-order chi connectivity index (χ0) is 14.7. The average molecular weight is 328 g/mol. The maximum Gasteiger partial charge on any atom is 0.253 e. The quantitative estimate of drug-likeness (QED) is 0.823. The van der Waals surface area contributed by atoms with Gasteiger partial charge in [-0.1, -0.05) is 43.1 Å². The van der Waals surface area contributed by atoms with Gasteiger partial charge >= 0.3 is 0 Å². The molecule has 0 radical (unpaired) electrons. The van der Waals surface area contributed by atoms with Crippen molar-refractivity contribution in [1.82, 2.24) is 5.32 Å². The lowest BCUT2D eigenvalue weighted by atomic mass is 10.0. The second-order valence-corrected chi connectivity index (χ2v) is 6.66. The molecule has 1 unspecified atom stereocenters. The number of nitrogens with one attached hydrogen (secondary N) is 1. The Kier molecular flexibility index (Phi) is 5.08. The van der Waals surface area contributed by atoms with Gasteiger partial charge in [-0.15, -0.1) is 11.3 Å². The van der Waals surface area contributed by atoms with Gasteiger partial charge in [0.1, 0.15) is 0 Å². The molecule has 0 saturated heterocycles. The molecule has 2 rings (SSSR count). The number of rotatable bonds is 4. The highest BCUT2D eigenvalue weighted by Gasteiger charge is 2.21. The predicted molar refractivity (Wildman–Crippen MR) is 85.8 cm³/mol. The molecule has 0 aliphatic carbocycles. The van der Waals surface area contributed by atoms with Crippen molar-refractivity contribution in [2.45, 2.75) is 19.9 Å². The van der Waals surface area contributed by atoms with Crippen LogP contribution in [-0.2, 0) is 0 Å². The summed E-state index contributed by atoms with van der Waals surface area (Å²) >= 11 is 13.5. The van der Waals surface area contributed by atoms with Gasteiger partial charge in [0.15, 0.2) is 0 Å². The van der Waals surface area contributed by atoms with Gasteiger partial charge in [0.05, 0.1) is 16.6 Å². The minimum atomic E-state index is -0.182. The van der Waals surface area contributed by atoms with Crippen LogP contribution >= 0.6 is 34.5 Å². The fraction of sp³-hybridized carbons (Fsp3) is 0.267. The molecule has 0 aliphatic rings. The lowest BCUT2D eigenvalue weighted by Crippen LogP contribution is -2.31. The molecule has 0 aliphatic heterocycles. The first-order valence-electron chi connectivity index (χ1n) is 6.28. The maximum atomic E-state index is 12.4. The largest absolute Gasteiger partial charge is 0.344 e. The maximum absolute atomic E-state index is 12.4. The van der Waals surface area contributed by atoms with E-state index in [1.54, 1.807) is 29.5 Å². The van der Waals surface area contributed by atoms with E-state index in [0.717, 1.165) is 4.88 Å². The van der Waals surface area contributed by atoms with Crippen LogP contribution in [0, 0.1) is 5.92 Å². The lowest BCUT2D eigenvalue weighted by Gasteiger charge is -2.21. The van der Waals surface area contributed by atoms with Gasteiger partial charge in [-0.3, -0.25) is 4.79 Å². The number of carbonyl (C=O) groups is 1. The van der Waals surface area contributed by atoms with Crippen LogP contribution in [0.5, 0.6) is 0 Å². The van der Waals surface area contributed by atoms with Gasteiger partial charge in [-0.2, -0.15) is 0 Å². The zero-order valence-corrected chi connectivity index (χ0v) is 13.5. The Hall–Kier alpha value is -1.03. The van der Waals surface area contributed by atoms with E-state index < -0.39 is 0 Å². The Morgan fingerprint density at radius 2 is 2.00 bits per heavy atom. The number of amides is 1. The predicted octanol–water partition coefficient (Wildman–Crippen LogP) is 5.18. The van der Waals surface area contributed by atoms with E-state index in [4.69, 9.17) is 23.2 Å². The summed E-state index contributed by atoms with van der Waals surface area (Å²) in [5.74, 6) is 0.113. The first-order chi connectivity index (χ1) is 9.49. The van der Waals surface area contributed by atoms with E-state index >= 15 is 0 Å². The molecule has 0 bridgehead atoms. The van der Waals surface area contributed by atoms with Crippen LogP contribution in [-0.4, -0.2) is 5.91 Å². The summed E-state index contributed by atoms with van der Waals surface area (Å²) < 4.78 is 0. The summed E-state index contributed by atoms with van der Waals surface area (Å²) in [6.45, 7) is 4.16. The van der Waals surface area contributed by atoms with E-state index in [-0.39, 0.29) is 11.9 Å². The SMILES string of the molecule is CC(C)C(NC(=O)c1ccc(Cl)cc1Cl)c1cccs1. The molecular weight excluding hydrogens is 313 g/mol. The van der Waals surface area contributed by atoms with Crippen molar-refractivity contribution in [3.8, 4) is 0 Å². The van der Waals surface area contributed by atoms with Gasteiger partial charge in [-0.25, -0.2) is 0 Å². The lowest BCUT2D eigenvalue weighted by molar-refractivity contribution is 0.0926. The number of halogens is 2. The first kappa shape index (κ1) is 15.4. The zero-order valence-electron chi connectivity index (χ0n) is 11.2. The molecule has 1 aromatic carbocycles. The molecular formula is C15H15Cl2NOS. The van der Waals surface area contributed by atoms with Crippen molar-refractivity contribution in [3.63, 3.8) is 0 Å². The van der Waals surface area contributed by atoms with Gasteiger partial charge < -0.3 is 5.32 Å². The molecule has 2 nitrogen and oxygen atoms in total. The average Bonchev–Trinajstić information content (AvgIpc) is 2.88. The van der Waals surface area contributed by atoms with Crippen LogP contribution < -0.4 is 5.32 Å². The summed E-state index contributed by atoms with van der Waals surface area (Å²) in [6.07, 6.45) is 0. The fourth-order valence-electron chi connectivity index (χ4n) is 1.93. The number of thiophene rings is 1. The minimum absolute atomic E-state index is 0.0192. The number of carbonyl (C=O) groups excluding carboxylic acids is 1. The van der Waals surface area contributed by atoms with Crippen LogP contribution in [0.25, 0.3) is 0 Å². The highest BCUT2D eigenvalue weighted by atomic mass is 35.5. The molecule has 1 aromatic heterocycles. The molecule has 1 amide bonds. The molecule has 1 heterocycles. The van der Waals surface area contributed by atoms with E-state index in [9.17, 15) is 4.79 Å². The number of benzene rings is 1. The molecule has 0 fully saturated rings. The topological polar surface area (TPSA) is 29.1 Å². The van der Waals surface area contributed by atoms with Crippen molar-refractivity contribution in [2.24, 2.45) is 5.92 Å². The molecule has 0 spiro atoms. The number of hydrogen-bond acceptors (Lipinski definition) is 2. The summed E-state index contributed by atoms with van der Waals surface area (Å²) in [5, 5.41) is 5.93. The van der Waals surface area contributed by atoms with Crippen LogP contribution in [0.1, 0.15) is 35.1 Å². The van der Waals surface area contributed by atoms with Crippen LogP contribution in [0.4, 0.5) is 0 Å². The molecule has 1 N–H and O–H groups in total. The van der Waals surface area contributed by atoms with E-state index in [1.807, 2.05) is 17.5 Å². The molecule has 20 heavy (non-hydrogen) atoms. The molecule has 5 heteroatoms. The molecule has 1 atom stereocenters. The van der Waals surface area contributed by atoms with Crippen LogP contribution in [0.3, 0.4) is 0 Å². The van der Waals surface area contributed by atoms with Crippen molar-refractivity contribution >= 4 is 40.4 Å². The number of hydrogen-bond donors (Lipinski definition) is 1. The third-order valence-electron chi connectivity index (χ3n) is 2.98. The Balaban J connectivity index is 2.21. The summed E-state index contributed by atoms with van der Waals surface area (Å²) in [4.78, 5) is 13.5. The van der Waals surface area contributed by atoms with Crippen molar-refractivity contribution in [2.75, 3.05) is 0 Å². The second kappa shape index (κ2) is 6.61. The minimum Gasteiger partial charge on any atom is -0.344 e. The van der Waals surface area contributed by atoms with Crippen molar-refractivity contribution in [1.29, 1.82) is 0 Å². The van der Waals surface area contributed by atoms with E-state index in [0.29, 0.717) is 21.5 Å². The van der Waals surface area contributed by atoms with Crippen LogP contribution in [0.2, 0.25) is 10.0 Å². The summed E-state index contributed by atoms with van der Waals surface area (Å²) in [7, 11) is 0. The standard InChI is InChI=1S/C15H15Cl2NOS/c1-9(2)14(13-4-3-7-20-13)18-15(19)11-6-5-10(16)8-12(11)17/h3-9,14H,1-2H3,(H,18,19). The van der Waals surface area contributed by atoms with E-state index in [1.165, 1.54) is 0 Å². The molecule has 2 aromatic rings. The highest BCUT2D eigenvalue weighted by Crippen LogP contribution is 2.27. The van der Waals surface area contributed by atoms with Gasteiger partial charge in [0.2, 0.25) is 0 Å². The van der Waals surface area contributed by atoms with Gasteiger partial charge in [0, 0.05) is 9.90 Å². The Bertz CT molecular complexity index is 596. The third-order valence-corrected chi connectivity index (χ3v) is 4.48. The molecule has 106 valence electrons. The second-order valence-electron chi connectivity index (χ2n) is 4.83. The normalized spacial score (nSPS) is 12.4. The van der Waals surface area contributed by atoms with Gasteiger partial charge in [-0.05, 0) is 35.6 Å². The first-order valence-corrected chi connectivity index (χ1v) is 7.92. The summed E-state index contributed by atoms with van der Waals surface area (Å²) in [5.41, 5.74) is 0.443.